The number of hydrogen-bond acceptors (Lipinski definition) is 11. The van der Waals surface area contributed by atoms with Crippen molar-refractivity contribution < 1.29 is 34.2 Å². The van der Waals surface area contributed by atoms with Gasteiger partial charge in [0.05, 0.1) is 0 Å². The average Bonchev–Trinajstić information content (AvgIpc) is 3.20. The number of aliphatic carboxylic acids is 1. The summed E-state index contributed by atoms with van der Waals surface area (Å²) in [5, 5.41) is 27.4. The number of nitrogens with two attached hydrogens (primary N) is 1. The minimum absolute atomic E-state index is 0.0462. The lowest BCUT2D eigenvalue weighted by Crippen LogP contribution is -2.71. The first-order chi connectivity index (χ1) is 15.3. The summed E-state index contributed by atoms with van der Waals surface area (Å²) in [6.45, 7) is -0.0821. The summed E-state index contributed by atoms with van der Waals surface area (Å²) in [5.74, 6) is -2.55. The Morgan fingerprint density at radius 2 is 2.22 bits per heavy atom. The highest BCUT2D eigenvalue weighted by Gasteiger charge is 2.54. The number of carboxylic acid groups (broad SMARTS) is 1. The van der Waals surface area contributed by atoms with Crippen LogP contribution in [0, 0.1) is 0 Å². The summed E-state index contributed by atoms with van der Waals surface area (Å²) in [5.41, 5.74) is 5.29. The van der Waals surface area contributed by atoms with Crippen LogP contribution in [0.3, 0.4) is 0 Å². The molecule has 2 unspecified atom stereocenters. The Labute approximate surface area is 189 Å². The zero-order valence-electron chi connectivity index (χ0n) is 16.5. The number of carboxylic acids is 1. The van der Waals surface area contributed by atoms with Crippen LogP contribution in [0.4, 0.5) is 9.93 Å². The number of thioether (sulfide) groups is 1. The molecule has 0 radical (unpaired) electrons. The number of nitrogen functional groups attached to an aromatic ring is 1. The van der Waals surface area contributed by atoms with Crippen LogP contribution in [0.15, 0.2) is 34.0 Å². The number of hydrogen-bond donors (Lipinski definition) is 5. The van der Waals surface area contributed by atoms with Crippen molar-refractivity contribution in [2.45, 2.75) is 11.4 Å². The third kappa shape index (κ3) is 4.52. The highest BCUT2D eigenvalue weighted by atomic mass is 32.2. The fourth-order valence-corrected chi connectivity index (χ4v) is 4.84. The Balaban J connectivity index is 1.72. The molecule has 1 aromatic rings. The number of amides is 3. The fraction of sp³-hybridized carbons (Fsp3) is 0.294. The molecule has 2 atom stereocenters. The number of nitrogens with one attached hydrogen (secondary N) is 2. The van der Waals surface area contributed by atoms with Crippen LogP contribution in [0.5, 0.6) is 0 Å². The van der Waals surface area contributed by atoms with Gasteiger partial charge in [-0.1, -0.05) is 11.2 Å². The van der Waals surface area contributed by atoms with Gasteiger partial charge in [0.25, 0.3) is 11.8 Å². The third-order valence-corrected chi connectivity index (χ3v) is 6.38. The maximum Gasteiger partial charge on any atom is 0.407 e. The van der Waals surface area contributed by atoms with Gasteiger partial charge in [-0.25, -0.2) is 14.6 Å². The van der Waals surface area contributed by atoms with E-state index in [-0.39, 0.29) is 28.9 Å². The standard InChI is InChI=1S/C17H18N6O7S2/c1-19-17(28)30-4-2-3-7-5-31-14-10(13(25)23(14)11(7)15(26)27)21-12(24)9(22-29)8-6-32-16(18)20-8/h2-3,6,10,14,29H,4-5H2,1H3,(H2,18,20)(H,19,28)(H,21,24)(H,26,27)/b3-2-,22-9-. The molecule has 1 fully saturated rings. The number of β-lactam (4-membered cyclic amide) rings is 1. The van der Waals surface area contributed by atoms with Crippen LogP contribution < -0.4 is 16.4 Å². The Kier molecular flexibility index (Phi) is 6.99. The number of allylic oxidation sites excluding steroid dienone is 1. The molecule has 3 heterocycles. The van der Waals surface area contributed by atoms with Crippen molar-refractivity contribution in [1.29, 1.82) is 0 Å². The topological polar surface area (TPSA) is 197 Å². The number of rotatable bonds is 7. The lowest BCUT2D eigenvalue weighted by molar-refractivity contribution is -0.150. The molecule has 13 nitrogen and oxygen atoms in total. The number of anilines is 1. The molecule has 0 saturated carbocycles. The van der Waals surface area contributed by atoms with Crippen molar-refractivity contribution in [2.75, 3.05) is 25.1 Å². The average molecular weight is 483 g/mol. The quantitative estimate of drug-likeness (QED) is 0.147. The van der Waals surface area contributed by atoms with Crippen molar-refractivity contribution in [3.8, 4) is 0 Å². The summed E-state index contributed by atoms with van der Waals surface area (Å²) in [7, 11) is 1.40. The summed E-state index contributed by atoms with van der Waals surface area (Å²) in [4.78, 5) is 53.0. The molecule has 1 aromatic heterocycles. The van der Waals surface area contributed by atoms with Gasteiger partial charge < -0.3 is 31.4 Å². The van der Waals surface area contributed by atoms with Gasteiger partial charge in [-0.15, -0.1) is 23.1 Å². The molecule has 0 spiro atoms. The van der Waals surface area contributed by atoms with Crippen molar-refractivity contribution >= 4 is 57.8 Å². The van der Waals surface area contributed by atoms with Crippen molar-refractivity contribution in [2.24, 2.45) is 5.16 Å². The minimum Gasteiger partial charge on any atom is -0.477 e. The zero-order chi connectivity index (χ0) is 23.4. The minimum atomic E-state index is -1.31. The molecule has 3 amide bonds. The smallest absolute Gasteiger partial charge is 0.407 e. The second-order valence-corrected chi connectivity index (χ2v) is 8.31. The van der Waals surface area contributed by atoms with E-state index in [4.69, 9.17) is 10.5 Å². The molecule has 1 saturated heterocycles. The molecular formula is C17H18N6O7S2. The van der Waals surface area contributed by atoms with E-state index in [0.717, 1.165) is 16.2 Å². The lowest BCUT2D eigenvalue weighted by atomic mass is 10.0. The summed E-state index contributed by atoms with van der Waals surface area (Å²) in [6, 6.07) is -1.02. The van der Waals surface area contributed by atoms with E-state index < -0.39 is 41.0 Å². The van der Waals surface area contributed by atoms with E-state index >= 15 is 0 Å². The van der Waals surface area contributed by atoms with E-state index in [1.807, 2.05) is 0 Å². The molecule has 2 aliphatic rings. The molecule has 6 N–H and O–H groups in total. The summed E-state index contributed by atoms with van der Waals surface area (Å²) < 4.78 is 4.81. The van der Waals surface area contributed by atoms with Crippen LogP contribution >= 0.6 is 23.1 Å². The number of nitrogens with zero attached hydrogens (tertiary/aromatic N) is 3. The van der Waals surface area contributed by atoms with Crippen LogP contribution in [-0.4, -0.2) is 80.6 Å². The number of thiazole rings is 1. The molecule has 32 heavy (non-hydrogen) atoms. The van der Waals surface area contributed by atoms with E-state index in [9.17, 15) is 29.5 Å². The van der Waals surface area contributed by atoms with Crippen LogP contribution in [0.25, 0.3) is 0 Å². The molecule has 3 rings (SSSR count). The van der Waals surface area contributed by atoms with Gasteiger partial charge in [-0.05, 0) is 11.6 Å². The molecule has 0 aliphatic carbocycles. The van der Waals surface area contributed by atoms with E-state index in [1.165, 1.54) is 36.3 Å². The zero-order valence-corrected chi connectivity index (χ0v) is 18.1. The number of fused-ring (bicyclic) bond motifs is 1. The normalized spacial score (nSPS) is 20.6. The summed E-state index contributed by atoms with van der Waals surface area (Å²) >= 11 is 2.29. The Morgan fingerprint density at radius 1 is 1.47 bits per heavy atom. The third-order valence-electron chi connectivity index (χ3n) is 4.40. The number of aromatic nitrogens is 1. The number of oxime groups is 1. The number of alkyl carbamates (subject to hydrolysis) is 1. The predicted molar refractivity (Wildman–Crippen MR) is 114 cm³/mol. The fourth-order valence-electron chi connectivity index (χ4n) is 2.98. The first-order valence-electron chi connectivity index (χ1n) is 8.95. The Morgan fingerprint density at radius 3 is 2.81 bits per heavy atom. The van der Waals surface area contributed by atoms with Gasteiger partial charge >= 0.3 is 12.1 Å². The highest BCUT2D eigenvalue weighted by molar-refractivity contribution is 8.00. The largest absolute Gasteiger partial charge is 0.477 e. The number of ether oxygens (including phenoxy) is 1. The Hall–Kier alpha value is -3.59. The van der Waals surface area contributed by atoms with Crippen LogP contribution in [0.1, 0.15) is 5.69 Å². The Bertz CT molecular complexity index is 1050. The van der Waals surface area contributed by atoms with Crippen molar-refractivity contribution in [3.63, 3.8) is 0 Å². The van der Waals surface area contributed by atoms with Crippen molar-refractivity contribution in [3.05, 3.63) is 34.5 Å². The maximum absolute atomic E-state index is 12.7. The maximum atomic E-state index is 12.7. The molecule has 170 valence electrons. The number of carbonyl (C=O) groups excluding carboxylic acids is 3. The molecular weight excluding hydrogens is 464 g/mol. The van der Waals surface area contributed by atoms with E-state index in [1.54, 1.807) is 0 Å². The van der Waals surface area contributed by atoms with Gasteiger partial charge in [0.15, 0.2) is 10.8 Å². The lowest BCUT2D eigenvalue weighted by Gasteiger charge is -2.49. The highest BCUT2D eigenvalue weighted by Crippen LogP contribution is 2.40. The molecule has 2 aliphatic heterocycles. The van der Waals surface area contributed by atoms with Gasteiger partial charge in [-0.2, -0.15) is 0 Å². The first-order valence-corrected chi connectivity index (χ1v) is 10.9. The van der Waals surface area contributed by atoms with E-state index in [2.05, 4.69) is 20.8 Å². The van der Waals surface area contributed by atoms with Crippen LogP contribution in [0.2, 0.25) is 0 Å². The molecule has 15 heteroatoms. The monoisotopic (exact) mass is 482 g/mol. The molecule has 0 bridgehead atoms. The second kappa shape index (κ2) is 9.69. The number of carbonyl (C=O) groups is 4. The van der Waals surface area contributed by atoms with Gasteiger partial charge in [0.1, 0.15) is 29.4 Å². The van der Waals surface area contributed by atoms with Gasteiger partial charge in [0.2, 0.25) is 0 Å². The predicted octanol–water partition coefficient (Wildman–Crippen LogP) is -0.446. The second-order valence-electron chi connectivity index (χ2n) is 6.31. The SMILES string of the molecule is CNC(=O)OC/C=C\C1=C(C(=O)O)N2C(=O)C(NC(=O)/C(=N\O)c3csc(N)n3)C2SC1. The van der Waals surface area contributed by atoms with E-state index in [0.29, 0.717) is 5.57 Å². The van der Waals surface area contributed by atoms with Crippen LogP contribution in [-0.2, 0) is 19.1 Å². The first kappa shape index (κ1) is 23.1. The van der Waals surface area contributed by atoms with Gasteiger partial charge in [0, 0.05) is 18.2 Å². The van der Waals surface area contributed by atoms with Gasteiger partial charge in [-0.3, -0.25) is 14.5 Å². The van der Waals surface area contributed by atoms with Crippen molar-refractivity contribution in [1.82, 2.24) is 20.5 Å². The molecule has 0 aromatic carbocycles. The summed E-state index contributed by atoms with van der Waals surface area (Å²) in [6.07, 6.45) is 2.29.